The molecule has 3 nitrogen and oxygen atoms in total. The number of aryl methyl sites for hydroxylation is 1. The summed E-state index contributed by atoms with van der Waals surface area (Å²) in [5.41, 5.74) is 5.46. The number of aliphatic hydroxyl groups excluding tert-OH is 1. The number of carbonyl (C=O) groups excluding carboxylic acids is 1. The van der Waals surface area contributed by atoms with E-state index in [1.807, 2.05) is 25.3 Å². The van der Waals surface area contributed by atoms with Crippen LogP contribution in [0, 0.1) is 13.8 Å². The van der Waals surface area contributed by atoms with Gasteiger partial charge in [-0.05, 0) is 53.1 Å². The first-order chi connectivity index (χ1) is 9.54. The monoisotopic (exact) mass is 289 g/mol. The first-order valence-corrected chi connectivity index (χ1v) is 7.43. The van der Waals surface area contributed by atoms with E-state index in [9.17, 15) is 9.90 Å². The van der Waals surface area contributed by atoms with E-state index in [4.69, 9.17) is 0 Å². The normalized spacial score (nSPS) is 10.6. The summed E-state index contributed by atoms with van der Waals surface area (Å²) in [5.74, 6) is -0.0268. The molecule has 0 spiro atoms. The highest BCUT2D eigenvalue weighted by molar-refractivity contribution is 7.10. The molecular weight excluding hydrogens is 270 g/mol. The van der Waals surface area contributed by atoms with Crippen molar-refractivity contribution in [3.05, 3.63) is 45.1 Å². The van der Waals surface area contributed by atoms with Crippen LogP contribution in [0.1, 0.15) is 28.5 Å². The van der Waals surface area contributed by atoms with E-state index in [1.165, 1.54) is 6.92 Å². The van der Waals surface area contributed by atoms with E-state index < -0.39 is 0 Å². The summed E-state index contributed by atoms with van der Waals surface area (Å²) in [6, 6.07) is 6.19. The Morgan fingerprint density at radius 1 is 1.25 bits per heavy atom. The van der Waals surface area contributed by atoms with Crippen molar-refractivity contribution < 1.29 is 9.90 Å². The van der Waals surface area contributed by atoms with Crippen molar-refractivity contribution in [3.8, 4) is 11.1 Å². The van der Waals surface area contributed by atoms with Gasteiger partial charge in [0.1, 0.15) is 0 Å². The highest BCUT2D eigenvalue weighted by Gasteiger charge is 2.13. The molecule has 0 aliphatic carbocycles. The Bertz CT molecular complexity index is 631. The largest absolute Gasteiger partial charge is 0.392 e. The summed E-state index contributed by atoms with van der Waals surface area (Å²) < 4.78 is 0. The first-order valence-electron chi connectivity index (χ1n) is 6.55. The average Bonchev–Trinajstić information content (AvgIpc) is 2.85. The van der Waals surface area contributed by atoms with Crippen LogP contribution >= 0.6 is 11.3 Å². The van der Waals surface area contributed by atoms with Crippen LogP contribution in [-0.2, 0) is 17.9 Å². The molecule has 2 N–H and O–H groups in total. The molecule has 1 heterocycles. The molecule has 2 rings (SSSR count). The van der Waals surface area contributed by atoms with Gasteiger partial charge in [0, 0.05) is 11.8 Å². The fourth-order valence-corrected chi connectivity index (χ4v) is 3.18. The molecule has 0 aliphatic heterocycles. The molecule has 20 heavy (non-hydrogen) atoms. The lowest BCUT2D eigenvalue weighted by Gasteiger charge is -2.13. The zero-order chi connectivity index (χ0) is 14.7. The van der Waals surface area contributed by atoms with Gasteiger partial charge in [0.15, 0.2) is 0 Å². The minimum Gasteiger partial charge on any atom is -0.392 e. The van der Waals surface area contributed by atoms with Crippen molar-refractivity contribution in [2.75, 3.05) is 0 Å². The van der Waals surface area contributed by atoms with E-state index >= 15 is 0 Å². The number of amides is 1. The van der Waals surface area contributed by atoms with Gasteiger partial charge in [-0.3, -0.25) is 4.79 Å². The lowest BCUT2D eigenvalue weighted by molar-refractivity contribution is -0.119. The van der Waals surface area contributed by atoms with Crippen molar-refractivity contribution in [1.82, 2.24) is 5.32 Å². The van der Waals surface area contributed by atoms with Gasteiger partial charge < -0.3 is 10.4 Å². The standard InChI is InChI=1S/C16H19NO2S/c1-10-4-5-13(11(2)15(10)9-18)14-6-7-20-16(14)8-17-12(3)19/h4-7,18H,8-9H2,1-3H3,(H,17,19). The lowest BCUT2D eigenvalue weighted by Crippen LogP contribution is -2.18. The van der Waals surface area contributed by atoms with Crippen LogP contribution in [0.3, 0.4) is 0 Å². The highest BCUT2D eigenvalue weighted by atomic mass is 32.1. The number of hydrogen-bond donors (Lipinski definition) is 2. The van der Waals surface area contributed by atoms with Crippen LogP contribution in [-0.4, -0.2) is 11.0 Å². The number of nitrogens with one attached hydrogen (secondary N) is 1. The second-order valence-electron chi connectivity index (χ2n) is 4.86. The quantitative estimate of drug-likeness (QED) is 0.908. The van der Waals surface area contributed by atoms with E-state index in [-0.39, 0.29) is 12.5 Å². The molecule has 1 aromatic heterocycles. The first kappa shape index (κ1) is 14.8. The fourth-order valence-electron chi connectivity index (χ4n) is 2.35. The van der Waals surface area contributed by atoms with Crippen molar-refractivity contribution in [3.63, 3.8) is 0 Å². The Kier molecular flexibility index (Phi) is 4.57. The average molecular weight is 289 g/mol. The number of hydrogen-bond acceptors (Lipinski definition) is 3. The highest BCUT2D eigenvalue weighted by Crippen LogP contribution is 2.33. The van der Waals surface area contributed by atoms with Crippen LogP contribution in [0.15, 0.2) is 23.6 Å². The summed E-state index contributed by atoms with van der Waals surface area (Å²) in [5, 5.41) is 14.4. The number of rotatable bonds is 4. The van der Waals surface area contributed by atoms with Gasteiger partial charge in [0.25, 0.3) is 0 Å². The maximum Gasteiger partial charge on any atom is 0.217 e. The SMILES string of the molecule is CC(=O)NCc1sccc1-c1ccc(C)c(CO)c1C. The molecule has 106 valence electrons. The Hall–Kier alpha value is -1.65. The molecule has 1 aromatic carbocycles. The second-order valence-corrected chi connectivity index (χ2v) is 5.86. The minimum atomic E-state index is -0.0268. The van der Waals surface area contributed by atoms with Crippen LogP contribution in [0.2, 0.25) is 0 Å². The van der Waals surface area contributed by atoms with Gasteiger partial charge in [-0.2, -0.15) is 0 Å². The molecule has 0 saturated heterocycles. The summed E-state index contributed by atoms with van der Waals surface area (Å²) in [7, 11) is 0. The van der Waals surface area contributed by atoms with Gasteiger partial charge in [-0.1, -0.05) is 12.1 Å². The third-order valence-corrected chi connectivity index (χ3v) is 4.45. The number of thiophene rings is 1. The third-order valence-electron chi connectivity index (χ3n) is 3.52. The van der Waals surface area contributed by atoms with Crippen LogP contribution in [0.25, 0.3) is 11.1 Å². The van der Waals surface area contributed by atoms with Gasteiger partial charge in [-0.15, -0.1) is 11.3 Å². The van der Waals surface area contributed by atoms with Gasteiger partial charge >= 0.3 is 0 Å². The molecule has 0 bridgehead atoms. The molecule has 2 aromatic rings. The Morgan fingerprint density at radius 3 is 2.65 bits per heavy atom. The Balaban J connectivity index is 2.42. The lowest BCUT2D eigenvalue weighted by atomic mass is 9.94. The van der Waals surface area contributed by atoms with Gasteiger partial charge in [0.05, 0.1) is 13.2 Å². The zero-order valence-corrected chi connectivity index (χ0v) is 12.8. The van der Waals surface area contributed by atoms with E-state index in [1.54, 1.807) is 11.3 Å². The smallest absolute Gasteiger partial charge is 0.217 e. The summed E-state index contributed by atoms with van der Waals surface area (Å²) >= 11 is 1.64. The molecule has 0 fully saturated rings. The number of carbonyl (C=O) groups is 1. The van der Waals surface area contributed by atoms with E-state index in [2.05, 4.69) is 17.4 Å². The number of benzene rings is 1. The second kappa shape index (κ2) is 6.20. The van der Waals surface area contributed by atoms with E-state index in [0.717, 1.165) is 32.7 Å². The summed E-state index contributed by atoms with van der Waals surface area (Å²) in [6.45, 7) is 6.16. The maximum absolute atomic E-state index is 11.1. The molecule has 4 heteroatoms. The van der Waals surface area contributed by atoms with Crippen LogP contribution in [0.5, 0.6) is 0 Å². The fraction of sp³-hybridized carbons (Fsp3) is 0.312. The molecule has 0 aliphatic rings. The topological polar surface area (TPSA) is 49.3 Å². The van der Waals surface area contributed by atoms with Gasteiger partial charge in [0.2, 0.25) is 5.91 Å². The number of aliphatic hydroxyl groups is 1. The molecule has 1 amide bonds. The predicted octanol–water partition coefficient (Wildman–Crippen LogP) is 3.16. The summed E-state index contributed by atoms with van der Waals surface area (Å²) in [4.78, 5) is 12.2. The molecule has 0 unspecified atom stereocenters. The van der Waals surface area contributed by atoms with Crippen LogP contribution < -0.4 is 5.32 Å². The summed E-state index contributed by atoms with van der Waals surface area (Å²) in [6.07, 6.45) is 0. The van der Waals surface area contributed by atoms with Crippen molar-refractivity contribution >= 4 is 17.2 Å². The van der Waals surface area contributed by atoms with Crippen LogP contribution in [0.4, 0.5) is 0 Å². The molecule has 0 radical (unpaired) electrons. The van der Waals surface area contributed by atoms with E-state index in [0.29, 0.717) is 6.54 Å². The Labute approximate surface area is 123 Å². The van der Waals surface area contributed by atoms with Crippen molar-refractivity contribution in [2.45, 2.75) is 33.9 Å². The minimum absolute atomic E-state index is 0.0268. The van der Waals surface area contributed by atoms with Crippen molar-refractivity contribution in [2.24, 2.45) is 0 Å². The molecule has 0 saturated carbocycles. The zero-order valence-electron chi connectivity index (χ0n) is 12.0. The predicted molar refractivity (Wildman–Crippen MR) is 82.7 cm³/mol. The van der Waals surface area contributed by atoms with Gasteiger partial charge in [-0.25, -0.2) is 0 Å². The molecular formula is C16H19NO2S. The molecule has 0 atom stereocenters. The Morgan fingerprint density at radius 2 is 2.00 bits per heavy atom. The third kappa shape index (κ3) is 2.92. The van der Waals surface area contributed by atoms with Crippen molar-refractivity contribution in [1.29, 1.82) is 0 Å². The maximum atomic E-state index is 11.1.